The second kappa shape index (κ2) is 6.35. The summed E-state index contributed by atoms with van der Waals surface area (Å²) >= 11 is 0. The number of para-hydroxylation sites is 2. The zero-order valence-corrected chi connectivity index (χ0v) is 14.6. The maximum absolute atomic E-state index is 12.8. The summed E-state index contributed by atoms with van der Waals surface area (Å²) in [5.41, 5.74) is 3.66. The first-order chi connectivity index (χ1) is 12.1. The summed E-state index contributed by atoms with van der Waals surface area (Å²) in [6.45, 7) is 5.21. The first-order valence-electron chi connectivity index (χ1n) is 8.92. The predicted molar refractivity (Wildman–Crippen MR) is 96.3 cm³/mol. The number of carbonyl (C=O) groups excluding carboxylic acids is 1. The van der Waals surface area contributed by atoms with Gasteiger partial charge in [-0.25, -0.2) is 4.98 Å². The number of nitrogens with zero attached hydrogens (tertiary/aromatic N) is 3. The number of H-pyrrole nitrogens is 1. The highest BCUT2D eigenvalue weighted by molar-refractivity contribution is 5.95. The number of aryl methyl sites for hydroxylation is 1. The van der Waals surface area contributed by atoms with Crippen LogP contribution in [0.1, 0.15) is 54.6 Å². The van der Waals surface area contributed by atoms with Crippen molar-refractivity contribution in [2.75, 3.05) is 0 Å². The normalized spacial score (nSPS) is 14.8. The molecule has 6 nitrogen and oxygen atoms in total. The highest BCUT2D eigenvalue weighted by atomic mass is 16.1. The van der Waals surface area contributed by atoms with Crippen molar-refractivity contribution >= 4 is 16.9 Å². The summed E-state index contributed by atoms with van der Waals surface area (Å²) in [6, 6.07) is 7.80. The van der Waals surface area contributed by atoms with Gasteiger partial charge in [-0.15, -0.1) is 0 Å². The van der Waals surface area contributed by atoms with E-state index in [1.54, 1.807) is 6.20 Å². The van der Waals surface area contributed by atoms with Crippen LogP contribution in [0, 0.1) is 5.92 Å². The van der Waals surface area contributed by atoms with E-state index in [-0.39, 0.29) is 11.9 Å². The summed E-state index contributed by atoms with van der Waals surface area (Å²) in [5.74, 6) is 1.19. The molecule has 4 rings (SSSR count). The number of hydrogen-bond acceptors (Lipinski definition) is 3. The standard InChI is InChI=1S/C19H23N5O/c1-12(2)10-16(18-21-14-6-3-4-7-15(14)22-18)23-19(25)13-11-20-24-9-5-8-17(13)24/h3-4,6-7,11-12,16H,5,8-10H2,1-2H3,(H,21,22)(H,23,25). The Labute approximate surface area is 146 Å². The molecule has 130 valence electrons. The number of aromatic nitrogens is 4. The third-order valence-electron chi connectivity index (χ3n) is 4.73. The van der Waals surface area contributed by atoms with Crippen molar-refractivity contribution in [1.82, 2.24) is 25.1 Å². The zero-order valence-electron chi connectivity index (χ0n) is 14.6. The molecule has 1 atom stereocenters. The fourth-order valence-corrected chi connectivity index (χ4v) is 3.54. The van der Waals surface area contributed by atoms with Gasteiger partial charge in [0.15, 0.2) is 0 Å². The minimum absolute atomic E-state index is 0.0609. The lowest BCUT2D eigenvalue weighted by Crippen LogP contribution is -2.30. The first kappa shape index (κ1) is 15.9. The van der Waals surface area contributed by atoms with Gasteiger partial charge in [-0.05, 0) is 37.3 Å². The van der Waals surface area contributed by atoms with Gasteiger partial charge in [-0.3, -0.25) is 9.48 Å². The molecule has 2 aromatic heterocycles. The molecule has 2 N–H and O–H groups in total. The Morgan fingerprint density at radius 3 is 3.00 bits per heavy atom. The summed E-state index contributed by atoms with van der Waals surface area (Å²) in [4.78, 5) is 20.9. The van der Waals surface area contributed by atoms with Crippen LogP contribution in [0.4, 0.5) is 0 Å². The third kappa shape index (κ3) is 3.04. The minimum atomic E-state index is -0.142. The summed E-state index contributed by atoms with van der Waals surface area (Å²) in [5, 5.41) is 7.50. The Balaban J connectivity index is 1.61. The number of benzene rings is 1. The largest absolute Gasteiger partial charge is 0.342 e. The van der Waals surface area contributed by atoms with Gasteiger partial charge < -0.3 is 10.3 Å². The number of carbonyl (C=O) groups is 1. The van der Waals surface area contributed by atoms with Crippen LogP contribution in [0.3, 0.4) is 0 Å². The Bertz CT molecular complexity index is 875. The molecular weight excluding hydrogens is 314 g/mol. The number of imidazole rings is 1. The lowest BCUT2D eigenvalue weighted by Gasteiger charge is -2.18. The maximum Gasteiger partial charge on any atom is 0.255 e. The number of rotatable bonds is 5. The number of aromatic amines is 1. The lowest BCUT2D eigenvalue weighted by molar-refractivity contribution is 0.0929. The van der Waals surface area contributed by atoms with Crippen LogP contribution in [-0.4, -0.2) is 25.7 Å². The van der Waals surface area contributed by atoms with Crippen LogP contribution in [0.5, 0.6) is 0 Å². The van der Waals surface area contributed by atoms with E-state index in [4.69, 9.17) is 0 Å². The second-order valence-corrected chi connectivity index (χ2v) is 7.13. The maximum atomic E-state index is 12.8. The van der Waals surface area contributed by atoms with Crippen molar-refractivity contribution in [3.8, 4) is 0 Å². The van der Waals surface area contributed by atoms with E-state index in [0.717, 1.165) is 48.4 Å². The second-order valence-electron chi connectivity index (χ2n) is 7.13. The monoisotopic (exact) mass is 337 g/mol. The molecule has 0 saturated carbocycles. The average Bonchev–Trinajstić information content (AvgIpc) is 3.28. The predicted octanol–water partition coefficient (Wildman–Crippen LogP) is 3.22. The van der Waals surface area contributed by atoms with Gasteiger partial charge in [0.05, 0.1) is 34.5 Å². The molecule has 1 amide bonds. The molecule has 1 unspecified atom stereocenters. The topological polar surface area (TPSA) is 75.6 Å². The molecule has 3 heterocycles. The van der Waals surface area contributed by atoms with E-state index in [0.29, 0.717) is 11.5 Å². The number of hydrogen-bond donors (Lipinski definition) is 2. The van der Waals surface area contributed by atoms with Crippen LogP contribution in [0.2, 0.25) is 0 Å². The van der Waals surface area contributed by atoms with Gasteiger partial charge in [-0.1, -0.05) is 26.0 Å². The molecule has 3 aromatic rings. The van der Waals surface area contributed by atoms with Crippen LogP contribution in [-0.2, 0) is 13.0 Å². The van der Waals surface area contributed by atoms with Crippen LogP contribution in [0.15, 0.2) is 30.5 Å². The first-order valence-corrected chi connectivity index (χ1v) is 8.92. The van der Waals surface area contributed by atoms with Crippen molar-refractivity contribution in [3.63, 3.8) is 0 Å². The Hall–Kier alpha value is -2.63. The summed E-state index contributed by atoms with van der Waals surface area (Å²) in [6.07, 6.45) is 4.49. The van der Waals surface area contributed by atoms with E-state index in [2.05, 4.69) is 34.2 Å². The zero-order chi connectivity index (χ0) is 17.4. The number of fused-ring (bicyclic) bond motifs is 2. The van der Waals surface area contributed by atoms with Gasteiger partial charge >= 0.3 is 0 Å². The molecule has 0 spiro atoms. The molecule has 1 aliphatic heterocycles. The quantitative estimate of drug-likeness (QED) is 0.750. The summed E-state index contributed by atoms with van der Waals surface area (Å²) < 4.78 is 1.94. The molecule has 0 saturated heterocycles. The highest BCUT2D eigenvalue weighted by Crippen LogP contribution is 2.24. The van der Waals surface area contributed by atoms with Gasteiger partial charge in [-0.2, -0.15) is 5.10 Å². The van der Waals surface area contributed by atoms with Crippen molar-refractivity contribution in [1.29, 1.82) is 0 Å². The van der Waals surface area contributed by atoms with Crippen LogP contribution < -0.4 is 5.32 Å². The van der Waals surface area contributed by atoms with E-state index in [9.17, 15) is 4.79 Å². The van der Waals surface area contributed by atoms with Gasteiger partial charge in [0.1, 0.15) is 5.82 Å². The molecule has 0 fully saturated rings. The van der Waals surface area contributed by atoms with Crippen molar-refractivity contribution < 1.29 is 4.79 Å². The fourth-order valence-electron chi connectivity index (χ4n) is 3.54. The Morgan fingerprint density at radius 2 is 2.20 bits per heavy atom. The van der Waals surface area contributed by atoms with E-state index >= 15 is 0 Å². The molecule has 0 radical (unpaired) electrons. The van der Waals surface area contributed by atoms with E-state index in [1.807, 2.05) is 28.9 Å². The molecule has 6 heteroatoms. The molecule has 25 heavy (non-hydrogen) atoms. The highest BCUT2D eigenvalue weighted by Gasteiger charge is 2.25. The fraction of sp³-hybridized carbons (Fsp3) is 0.421. The SMILES string of the molecule is CC(C)CC(NC(=O)c1cnn2c1CCC2)c1nc2ccccc2[nH]1. The van der Waals surface area contributed by atoms with Crippen LogP contribution >= 0.6 is 0 Å². The Kier molecular flexibility index (Phi) is 4.03. The molecular formula is C19H23N5O. The van der Waals surface area contributed by atoms with Crippen molar-refractivity contribution in [2.45, 2.75) is 45.7 Å². The van der Waals surface area contributed by atoms with E-state index in [1.165, 1.54) is 0 Å². The molecule has 0 aliphatic carbocycles. The number of nitrogens with one attached hydrogen (secondary N) is 2. The van der Waals surface area contributed by atoms with Gasteiger partial charge in [0, 0.05) is 6.54 Å². The smallest absolute Gasteiger partial charge is 0.255 e. The lowest BCUT2D eigenvalue weighted by atomic mass is 10.0. The average molecular weight is 337 g/mol. The molecule has 1 aliphatic rings. The third-order valence-corrected chi connectivity index (χ3v) is 4.73. The van der Waals surface area contributed by atoms with Crippen molar-refractivity contribution in [2.24, 2.45) is 5.92 Å². The Morgan fingerprint density at radius 1 is 1.36 bits per heavy atom. The van der Waals surface area contributed by atoms with Gasteiger partial charge in [0.25, 0.3) is 5.91 Å². The van der Waals surface area contributed by atoms with Crippen LogP contribution in [0.25, 0.3) is 11.0 Å². The summed E-state index contributed by atoms with van der Waals surface area (Å²) in [7, 11) is 0. The molecule has 0 bridgehead atoms. The van der Waals surface area contributed by atoms with E-state index < -0.39 is 0 Å². The molecule has 1 aromatic carbocycles. The van der Waals surface area contributed by atoms with Gasteiger partial charge in [0.2, 0.25) is 0 Å². The minimum Gasteiger partial charge on any atom is -0.342 e. The van der Waals surface area contributed by atoms with Crippen molar-refractivity contribution in [3.05, 3.63) is 47.5 Å². The number of amides is 1.